The SMILES string of the molecule is Cc1cccc(N(C)S(=O)(=O)c2cc(-c3nc(-c4cccc(F)c4)no3)sc2C)c1. The van der Waals surface area contributed by atoms with E-state index in [1.165, 1.54) is 40.9 Å². The molecule has 0 radical (unpaired) electrons. The van der Waals surface area contributed by atoms with Crippen molar-refractivity contribution in [1.82, 2.24) is 10.1 Å². The topological polar surface area (TPSA) is 76.3 Å². The second-order valence-electron chi connectivity index (χ2n) is 6.78. The average Bonchev–Trinajstić information content (AvgIpc) is 3.34. The van der Waals surface area contributed by atoms with Gasteiger partial charge in [0, 0.05) is 17.5 Å². The molecule has 0 bridgehead atoms. The fraction of sp³-hybridized carbons (Fsp3) is 0.143. The molecule has 0 saturated heterocycles. The molecule has 0 aliphatic rings. The Kier molecular flexibility index (Phi) is 5.17. The largest absolute Gasteiger partial charge is 0.333 e. The lowest BCUT2D eigenvalue weighted by Crippen LogP contribution is -2.26. The van der Waals surface area contributed by atoms with E-state index >= 15 is 0 Å². The van der Waals surface area contributed by atoms with Gasteiger partial charge in [0.15, 0.2) is 0 Å². The first-order chi connectivity index (χ1) is 14.3. The van der Waals surface area contributed by atoms with Crippen LogP contribution in [0.2, 0.25) is 0 Å². The summed E-state index contributed by atoms with van der Waals surface area (Å²) in [4.78, 5) is 5.61. The highest BCUT2D eigenvalue weighted by Gasteiger charge is 2.27. The minimum absolute atomic E-state index is 0.178. The summed E-state index contributed by atoms with van der Waals surface area (Å²) in [6.45, 7) is 3.64. The van der Waals surface area contributed by atoms with Crippen LogP contribution in [0.5, 0.6) is 0 Å². The molecule has 0 unspecified atom stereocenters. The Morgan fingerprint density at radius 2 is 1.83 bits per heavy atom. The predicted molar refractivity (Wildman–Crippen MR) is 115 cm³/mol. The van der Waals surface area contributed by atoms with Crippen LogP contribution < -0.4 is 4.31 Å². The van der Waals surface area contributed by atoms with Crippen LogP contribution in [0, 0.1) is 19.7 Å². The van der Waals surface area contributed by atoms with Gasteiger partial charge in [-0.15, -0.1) is 11.3 Å². The molecule has 0 saturated carbocycles. The number of halogens is 1. The monoisotopic (exact) mass is 443 g/mol. The Hall–Kier alpha value is -3.04. The molecule has 6 nitrogen and oxygen atoms in total. The fourth-order valence-electron chi connectivity index (χ4n) is 3.01. The molecule has 0 atom stereocenters. The van der Waals surface area contributed by atoms with Gasteiger partial charge in [0.05, 0.1) is 10.6 Å². The highest BCUT2D eigenvalue weighted by Crippen LogP contribution is 2.35. The van der Waals surface area contributed by atoms with Crippen molar-refractivity contribution in [2.45, 2.75) is 18.7 Å². The number of aromatic nitrogens is 2. The molecule has 2 heterocycles. The van der Waals surface area contributed by atoms with E-state index in [1.807, 2.05) is 25.1 Å². The van der Waals surface area contributed by atoms with E-state index in [0.29, 0.717) is 21.0 Å². The maximum absolute atomic E-state index is 13.5. The number of nitrogens with zero attached hydrogens (tertiary/aromatic N) is 3. The van der Waals surface area contributed by atoms with Gasteiger partial charge in [0.1, 0.15) is 10.7 Å². The van der Waals surface area contributed by atoms with Gasteiger partial charge in [0.2, 0.25) is 5.82 Å². The zero-order valence-corrected chi connectivity index (χ0v) is 18.1. The molecule has 0 fully saturated rings. The van der Waals surface area contributed by atoms with Gasteiger partial charge in [-0.3, -0.25) is 4.31 Å². The maximum atomic E-state index is 13.5. The lowest BCUT2D eigenvalue weighted by atomic mass is 10.2. The molecule has 9 heteroatoms. The highest BCUT2D eigenvalue weighted by atomic mass is 32.2. The Bertz CT molecular complexity index is 1330. The van der Waals surface area contributed by atoms with E-state index in [-0.39, 0.29) is 16.6 Å². The maximum Gasteiger partial charge on any atom is 0.268 e. The Balaban J connectivity index is 1.68. The molecular weight excluding hydrogens is 425 g/mol. The van der Waals surface area contributed by atoms with Crippen LogP contribution in [0.15, 0.2) is 64.0 Å². The van der Waals surface area contributed by atoms with Gasteiger partial charge in [-0.05, 0) is 49.7 Å². The Labute approximate surface area is 177 Å². The van der Waals surface area contributed by atoms with Gasteiger partial charge in [-0.1, -0.05) is 29.4 Å². The number of benzene rings is 2. The summed E-state index contributed by atoms with van der Waals surface area (Å²) in [6.07, 6.45) is 0. The number of thiophene rings is 1. The van der Waals surface area contributed by atoms with Gasteiger partial charge in [0.25, 0.3) is 15.9 Å². The number of hydrogen-bond donors (Lipinski definition) is 0. The molecule has 2 aromatic heterocycles. The molecule has 0 amide bonds. The molecule has 0 spiro atoms. The first-order valence-corrected chi connectivity index (χ1v) is 11.3. The standard InChI is InChI=1S/C21H18FN3O3S2/c1-13-6-4-9-17(10-13)25(3)30(26,27)19-12-18(29-14(19)2)21-23-20(24-28-21)15-7-5-8-16(22)11-15/h4-12H,1-3H3. The Morgan fingerprint density at radius 1 is 1.07 bits per heavy atom. The van der Waals surface area contributed by atoms with E-state index in [4.69, 9.17) is 4.52 Å². The second-order valence-corrected chi connectivity index (χ2v) is 9.97. The van der Waals surface area contributed by atoms with Crippen LogP contribution in [0.25, 0.3) is 22.2 Å². The van der Waals surface area contributed by atoms with Crippen molar-refractivity contribution in [2.24, 2.45) is 0 Å². The minimum Gasteiger partial charge on any atom is -0.333 e. The zero-order valence-electron chi connectivity index (χ0n) is 16.5. The van der Waals surface area contributed by atoms with Crippen molar-refractivity contribution >= 4 is 27.0 Å². The number of hydrogen-bond acceptors (Lipinski definition) is 6. The normalized spacial score (nSPS) is 11.6. The predicted octanol–water partition coefficient (Wildman–Crippen LogP) is 5.05. The molecule has 4 aromatic rings. The smallest absolute Gasteiger partial charge is 0.268 e. The first kappa shape index (κ1) is 20.2. The molecule has 30 heavy (non-hydrogen) atoms. The number of rotatable bonds is 5. The van der Waals surface area contributed by atoms with Gasteiger partial charge < -0.3 is 4.52 Å². The van der Waals surface area contributed by atoms with Crippen molar-refractivity contribution < 1.29 is 17.3 Å². The quantitative estimate of drug-likeness (QED) is 0.432. The average molecular weight is 444 g/mol. The van der Waals surface area contributed by atoms with Gasteiger partial charge >= 0.3 is 0 Å². The van der Waals surface area contributed by atoms with Crippen molar-refractivity contribution in [1.29, 1.82) is 0 Å². The van der Waals surface area contributed by atoms with E-state index in [0.717, 1.165) is 5.56 Å². The number of sulfonamides is 1. The number of aryl methyl sites for hydroxylation is 2. The van der Waals surface area contributed by atoms with Crippen LogP contribution >= 0.6 is 11.3 Å². The molecule has 0 N–H and O–H groups in total. The summed E-state index contributed by atoms with van der Waals surface area (Å²) in [5.74, 6) is 0.0113. The second kappa shape index (κ2) is 7.66. The summed E-state index contributed by atoms with van der Waals surface area (Å²) >= 11 is 1.25. The van der Waals surface area contributed by atoms with Gasteiger partial charge in [-0.2, -0.15) is 4.98 Å². The molecule has 0 aliphatic heterocycles. The van der Waals surface area contributed by atoms with E-state index in [2.05, 4.69) is 10.1 Å². The number of anilines is 1. The third-order valence-corrected chi connectivity index (χ3v) is 7.68. The summed E-state index contributed by atoms with van der Waals surface area (Å²) < 4.78 is 46.4. The van der Waals surface area contributed by atoms with Crippen molar-refractivity contribution in [3.8, 4) is 22.2 Å². The Morgan fingerprint density at radius 3 is 2.57 bits per heavy atom. The lowest BCUT2D eigenvalue weighted by molar-refractivity contribution is 0.433. The summed E-state index contributed by atoms with van der Waals surface area (Å²) in [7, 11) is -2.25. The fourth-order valence-corrected chi connectivity index (χ4v) is 5.67. The van der Waals surface area contributed by atoms with Crippen LogP contribution in [-0.4, -0.2) is 25.6 Å². The summed E-state index contributed by atoms with van der Waals surface area (Å²) in [5, 5.41) is 3.89. The lowest BCUT2D eigenvalue weighted by Gasteiger charge is -2.19. The van der Waals surface area contributed by atoms with E-state index < -0.39 is 15.8 Å². The first-order valence-electron chi connectivity index (χ1n) is 9.02. The minimum atomic E-state index is -3.77. The van der Waals surface area contributed by atoms with Crippen molar-refractivity contribution in [3.63, 3.8) is 0 Å². The van der Waals surface area contributed by atoms with E-state index in [9.17, 15) is 12.8 Å². The van der Waals surface area contributed by atoms with Crippen LogP contribution in [-0.2, 0) is 10.0 Å². The molecule has 4 rings (SSSR count). The molecule has 0 aliphatic carbocycles. The molecular formula is C21H18FN3O3S2. The van der Waals surface area contributed by atoms with Crippen molar-refractivity contribution in [3.05, 3.63) is 70.9 Å². The van der Waals surface area contributed by atoms with Crippen LogP contribution in [0.3, 0.4) is 0 Å². The zero-order chi connectivity index (χ0) is 21.5. The summed E-state index contributed by atoms with van der Waals surface area (Å²) in [5.41, 5.74) is 2.02. The van der Waals surface area contributed by atoms with Crippen LogP contribution in [0.4, 0.5) is 10.1 Å². The van der Waals surface area contributed by atoms with Crippen LogP contribution in [0.1, 0.15) is 10.4 Å². The highest BCUT2D eigenvalue weighted by molar-refractivity contribution is 7.93. The summed E-state index contributed by atoms with van der Waals surface area (Å²) in [6, 6.07) is 14.7. The molecule has 154 valence electrons. The van der Waals surface area contributed by atoms with E-state index in [1.54, 1.807) is 25.1 Å². The third kappa shape index (κ3) is 3.73. The third-order valence-electron chi connectivity index (χ3n) is 4.60. The molecule has 2 aromatic carbocycles. The van der Waals surface area contributed by atoms with Crippen molar-refractivity contribution in [2.75, 3.05) is 11.4 Å². The van der Waals surface area contributed by atoms with Gasteiger partial charge in [-0.25, -0.2) is 12.8 Å².